The third kappa shape index (κ3) is 3.19. The Morgan fingerprint density at radius 3 is 2.57 bits per heavy atom. The summed E-state index contributed by atoms with van der Waals surface area (Å²) < 4.78 is 3.40. The van der Waals surface area contributed by atoms with E-state index in [4.69, 9.17) is 0 Å². The van der Waals surface area contributed by atoms with Crippen LogP contribution in [-0.4, -0.2) is 33.8 Å². The van der Waals surface area contributed by atoms with Crippen LogP contribution in [0.5, 0.6) is 0 Å². The number of fused-ring (bicyclic) bond motifs is 4. The van der Waals surface area contributed by atoms with E-state index in [1.807, 2.05) is 0 Å². The molecule has 3 aliphatic rings. The number of rotatable bonds is 3. The molecule has 0 aliphatic carbocycles. The first kappa shape index (κ1) is 18.0. The molecule has 2 bridgehead atoms. The number of piperidine rings is 3. The van der Waals surface area contributed by atoms with Crippen LogP contribution in [0.1, 0.15) is 29.5 Å². The number of benzene rings is 2. The maximum atomic E-state index is 10.8. The molecular weight excluding hydrogens is 412 g/mol. The van der Waals surface area contributed by atoms with Gasteiger partial charge in [0, 0.05) is 52.5 Å². The van der Waals surface area contributed by atoms with Crippen LogP contribution < -0.4 is 0 Å². The van der Waals surface area contributed by atoms with E-state index in [1.165, 1.54) is 27.6 Å². The van der Waals surface area contributed by atoms with Gasteiger partial charge in [0.1, 0.15) is 0 Å². The van der Waals surface area contributed by atoms with Crippen LogP contribution in [0.2, 0.25) is 0 Å². The van der Waals surface area contributed by atoms with E-state index in [1.54, 1.807) is 0 Å². The molecule has 0 amide bonds. The zero-order valence-electron chi connectivity index (χ0n) is 16.1. The highest BCUT2D eigenvalue weighted by Gasteiger charge is 2.36. The van der Waals surface area contributed by atoms with E-state index < -0.39 is 0 Å². The molecule has 1 unspecified atom stereocenters. The fraction of sp³-hybridized carbons (Fsp3) is 0.333. The van der Waals surface area contributed by atoms with Crippen molar-refractivity contribution in [2.45, 2.75) is 32.4 Å². The number of hydrogen-bond acceptors (Lipinski definition) is 2. The van der Waals surface area contributed by atoms with Crippen LogP contribution in [0.3, 0.4) is 0 Å². The fourth-order valence-electron chi connectivity index (χ4n) is 4.67. The molecule has 3 nitrogen and oxygen atoms in total. The normalized spacial score (nSPS) is 23.1. The molecular formula is C24H25BrN2O. The van der Waals surface area contributed by atoms with Crippen LogP contribution in [0.15, 0.2) is 58.8 Å². The Bertz CT molecular complexity index is 1040. The molecule has 1 atom stereocenters. The molecule has 3 aliphatic heterocycles. The summed E-state index contributed by atoms with van der Waals surface area (Å²) in [6.07, 6.45) is 6.35. The average molecular weight is 437 g/mol. The summed E-state index contributed by atoms with van der Waals surface area (Å²) in [5.41, 5.74) is 6.08. The highest BCUT2D eigenvalue weighted by Crippen LogP contribution is 2.37. The van der Waals surface area contributed by atoms with Gasteiger partial charge in [-0.25, -0.2) is 0 Å². The highest BCUT2D eigenvalue weighted by molar-refractivity contribution is 9.10. The van der Waals surface area contributed by atoms with Crippen molar-refractivity contribution in [1.82, 2.24) is 9.47 Å². The van der Waals surface area contributed by atoms with Crippen molar-refractivity contribution >= 4 is 32.9 Å². The molecule has 28 heavy (non-hydrogen) atoms. The number of aliphatic hydroxyl groups excluding tert-OH is 1. The summed E-state index contributed by atoms with van der Waals surface area (Å²) in [5.74, 6) is 0.420. The fourth-order valence-corrected chi connectivity index (χ4v) is 5.03. The lowest BCUT2D eigenvalue weighted by atomic mass is 9.83. The lowest BCUT2D eigenvalue weighted by molar-refractivity contribution is 0.0215. The summed E-state index contributed by atoms with van der Waals surface area (Å²) in [7, 11) is 0. The Labute approximate surface area is 174 Å². The minimum atomic E-state index is -0.329. The van der Waals surface area contributed by atoms with Crippen LogP contribution in [0, 0.1) is 12.8 Å². The Hall–Kier alpha value is -2.04. The summed E-state index contributed by atoms with van der Waals surface area (Å²) in [6.45, 7) is 5.10. The van der Waals surface area contributed by atoms with Gasteiger partial charge in [-0.05, 0) is 55.5 Å². The SMILES string of the molecule is Cc1ccc(Cn2cc(/C=C3/C(O)C4CCN3CC4)c3cc(Br)ccc32)cc1. The smallest absolute Gasteiger partial charge is 0.0965 e. The van der Waals surface area contributed by atoms with Crippen molar-refractivity contribution in [3.63, 3.8) is 0 Å². The summed E-state index contributed by atoms with van der Waals surface area (Å²) in [5, 5.41) is 12.0. The first-order chi connectivity index (χ1) is 13.6. The standard InChI is InChI=1S/C24H25BrN2O/c1-16-2-4-17(5-3-16)14-27-15-19(21-13-20(25)6-7-22(21)27)12-23-24(28)18-8-10-26(23)11-9-18/h2-7,12-13,15,18,24,28H,8-11,14H2,1H3/b23-12-. The van der Waals surface area contributed by atoms with Gasteiger partial charge in [-0.3, -0.25) is 0 Å². The van der Waals surface area contributed by atoms with Gasteiger partial charge >= 0.3 is 0 Å². The monoisotopic (exact) mass is 436 g/mol. The van der Waals surface area contributed by atoms with Gasteiger partial charge in [-0.15, -0.1) is 0 Å². The quantitative estimate of drug-likeness (QED) is 0.611. The molecule has 3 aromatic rings. The van der Waals surface area contributed by atoms with E-state index in [0.717, 1.165) is 42.6 Å². The largest absolute Gasteiger partial charge is 0.387 e. The average Bonchev–Trinajstić information content (AvgIpc) is 3.03. The van der Waals surface area contributed by atoms with Gasteiger partial charge in [-0.2, -0.15) is 0 Å². The molecule has 4 heteroatoms. The van der Waals surface area contributed by atoms with Crippen LogP contribution >= 0.6 is 15.9 Å². The van der Waals surface area contributed by atoms with Gasteiger partial charge in [-0.1, -0.05) is 45.8 Å². The summed E-state index contributed by atoms with van der Waals surface area (Å²) >= 11 is 3.63. The zero-order valence-corrected chi connectivity index (χ0v) is 17.7. The number of hydrogen-bond donors (Lipinski definition) is 1. The molecule has 2 aromatic carbocycles. The first-order valence-electron chi connectivity index (χ1n) is 10.1. The number of nitrogens with zero attached hydrogens (tertiary/aromatic N) is 2. The van der Waals surface area contributed by atoms with Gasteiger partial charge in [0.2, 0.25) is 0 Å². The number of aromatic nitrogens is 1. The molecule has 1 aromatic heterocycles. The van der Waals surface area contributed by atoms with Crippen molar-refractivity contribution in [3.05, 3.63) is 75.5 Å². The lowest BCUT2D eigenvalue weighted by Crippen LogP contribution is -2.48. The van der Waals surface area contributed by atoms with E-state index in [9.17, 15) is 5.11 Å². The second-order valence-corrected chi connectivity index (χ2v) is 9.11. The van der Waals surface area contributed by atoms with E-state index in [2.05, 4.69) is 87.1 Å². The summed E-state index contributed by atoms with van der Waals surface area (Å²) in [6, 6.07) is 15.2. The molecule has 6 rings (SSSR count). The molecule has 1 N–H and O–H groups in total. The lowest BCUT2D eigenvalue weighted by Gasteiger charge is -2.45. The van der Waals surface area contributed by atoms with E-state index in [-0.39, 0.29) is 6.10 Å². The second kappa shape index (κ2) is 7.09. The predicted molar refractivity (Wildman–Crippen MR) is 118 cm³/mol. The zero-order chi connectivity index (χ0) is 19.3. The first-order valence-corrected chi connectivity index (χ1v) is 10.9. The van der Waals surface area contributed by atoms with Crippen LogP contribution in [0.25, 0.3) is 17.0 Å². The van der Waals surface area contributed by atoms with E-state index >= 15 is 0 Å². The Morgan fingerprint density at radius 2 is 1.86 bits per heavy atom. The molecule has 0 saturated carbocycles. The molecule has 0 radical (unpaired) electrons. The third-order valence-corrected chi connectivity index (χ3v) is 6.80. The summed E-state index contributed by atoms with van der Waals surface area (Å²) in [4.78, 5) is 2.37. The van der Waals surface area contributed by atoms with Crippen molar-refractivity contribution in [3.8, 4) is 0 Å². The molecule has 4 heterocycles. The van der Waals surface area contributed by atoms with Gasteiger partial charge < -0.3 is 14.6 Å². The van der Waals surface area contributed by atoms with Gasteiger partial charge in [0.25, 0.3) is 0 Å². The number of halogens is 1. The van der Waals surface area contributed by atoms with E-state index in [0.29, 0.717) is 5.92 Å². The van der Waals surface area contributed by atoms with Crippen molar-refractivity contribution < 1.29 is 5.11 Å². The van der Waals surface area contributed by atoms with Gasteiger partial charge in [0.15, 0.2) is 0 Å². The molecule has 144 valence electrons. The highest BCUT2D eigenvalue weighted by atomic mass is 79.9. The molecule has 3 fully saturated rings. The number of aliphatic hydroxyl groups is 1. The van der Waals surface area contributed by atoms with Crippen LogP contribution in [-0.2, 0) is 6.54 Å². The minimum absolute atomic E-state index is 0.329. The topological polar surface area (TPSA) is 28.4 Å². The molecule has 3 saturated heterocycles. The Balaban J connectivity index is 1.58. The molecule has 0 spiro atoms. The van der Waals surface area contributed by atoms with Crippen LogP contribution in [0.4, 0.5) is 0 Å². The van der Waals surface area contributed by atoms with Crippen molar-refractivity contribution in [2.75, 3.05) is 13.1 Å². The minimum Gasteiger partial charge on any atom is -0.387 e. The van der Waals surface area contributed by atoms with Gasteiger partial charge in [0.05, 0.1) is 6.10 Å². The third-order valence-electron chi connectivity index (χ3n) is 6.31. The van der Waals surface area contributed by atoms with Crippen molar-refractivity contribution in [1.29, 1.82) is 0 Å². The predicted octanol–water partition coefficient (Wildman–Crippen LogP) is 5.19. The maximum absolute atomic E-state index is 10.8. The Morgan fingerprint density at radius 1 is 1.11 bits per heavy atom. The second-order valence-electron chi connectivity index (χ2n) is 8.20. The maximum Gasteiger partial charge on any atom is 0.0965 e. The van der Waals surface area contributed by atoms with Crippen molar-refractivity contribution in [2.24, 2.45) is 5.92 Å². The Kier molecular flexibility index (Phi) is 4.56. The number of aryl methyl sites for hydroxylation is 1.